The number of hydrogen-bond donors (Lipinski definition) is 2. The molecule has 0 bridgehead atoms. The molecule has 1 saturated heterocycles. The number of pyridine rings is 3. The Morgan fingerprint density at radius 2 is 1.98 bits per heavy atom. The van der Waals surface area contributed by atoms with Gasteiger partial charge in [-0.25, -0.2) is 9.37 Å². The third-order valence-electron chi connectivity index (χ3n) is 8.26. The number of aromatic hydroxyl groups is 1. The Kier molecular flexibility index (Phi) is 7.16. The molecule has 44 heavy (non-hydrogen) atoms. The van der Waals surface area contributed by atoms with Gasteiger partial charge >= 0.3 is 0 Å². The molecule has 3 aromatic heterocycles. The molecule has 0 spiro atoms. The lowest BCUT2D eigenvalue weighted by atomic mass is 9.99. The predicted molar refractivity (Wildman–Crippen MR) is 167 cm³/mol. The van der Waals surface area contributed by atoms with Crippen molar-refractivity contribution < 1.29 is 19.1 Å². The van der Waals surface area contributed by atoms with Gasteiger partial charge in [0, 0.05) is 24.2 Å². The number of nitrogens with one attached hydrogen (secondary N) is 1. The summed E-state index contributed by atoms with van der Waals surface area (Å²) in [5.41, 5.74) is 1.57. The lowest BCUT2D eigenvalue weighted by Crippen LogP contribution is -2.64. The van der Waals surface area contributed by atoms with Crippen molar-refractivity contribution in [3.8, 4) is 22.7 Å². The maximum atomic E-state index is 15.1. The first-order valence-corrected chi connectivity index (χ1v) is 14.6. The quantitative estimate of drug-likeness (QED) is 0.312. The molecule has 226 valence electrons. The maximum absolute atomic E-state index is 15.1. The second-order valence-corrected chi connectivity index (χ2v) is 11.8. The van der Waals surface area contributed by atoms with Crippen LogP contribution in [0.2, 0.25) is 5.02 Å². The molecule has 5 heterocycles. The lowest BCUT2D eigenvalue weighted by Gasteiger charge is -2.48. The van der Waals surface area contributed by atoms with Crippen LogP contribution in [0.15, 0.2) is 54.0 Å². The van der Waals surface area contributed by atoms with E-state index < -0.39 is 23.3 Å². The molecule has 1 aromatic carbocycles. The summed E-state index contributed by atoms with van der Waals surface area (Å²) < 4.78 is 16.5. The molecule has 0 unspecified atom stereocenters. The number of benzene rings is 1. The largest absolute Gasteiger partial charge is 0.507 e. The lowest BCUT2D eigenvalue weighted by molar-refractivity contribution is -0.130. The summed E-state index contributed by atoms with van der Waals surface area (Å²) in [5.74, 6) is -1.94. The van der Waals surface area contributed by atoms with E-state index in [1.165, 1.54) is 28.8 Å². The number of phenolic OH excluding ortho intramolecular Hbond substituents is 1. The number of amides is 2. The number of halogens is 2. The second kappa shape index (κ2) is 10.7. The Balaban J connectivity index is 1.73. The van der Waals surface area contributed by atoms with Gasteiger partial charge in [0.1, 0.15) is 23.3 Å². The number of nitrogens with zero attached hydrogens (tertiary/aromatic N) is 5. The standard InChI is InChI=1S/C32H30ClFN6O4/c1-6-23(42)38-14-21-31(43)37-27-29(39(21)13-17(38)5)18-12-19(33)26(24-20(34)8-7-9-22(24)41)36-30(18)40(32(27)44)28-16(4)10-11-35-25(28)15(2)3/h6-12,15,17,21,41H,1,13-14H2,2-5H3,(H,37,43)/t17-,21-/m1/s1. The van der Waals surface area contributed by atoms with E-state index in [2.05, 4.69) is 16.9 Å². The molecule has 0 saturated carbocycles. The zero-order valence-electron chi connectivity index (χ0n) is 24.6. The minimum absolute atomic E-state index is 0.0271. The fraction of sp³-hybridized carbons (Fsp3) is 0.281. The summed E-state index contributed by atoms with van der Waals surface area (Å²) in [5, 5.41) is 13.9. The summed E-state index contributed by atoms with van der Waals surface area (Å²) in [4.78, 5) is 53.4. The summed E-state index contributed by atoms with van der Waals surface area (Å²) in [6.07, 6.45) is 2.87. The van der Waals surface area contributed by atoms with E-state index in [-0.39, 0.29) is 64.3 Å². The highest BCUT2D eigenvalue weighted by molar-refractivity contribution is 6.34. The zero-order valence-corrected chi connectivity index (χ0v) is 25.3. The third-order valence-corrected chi connectivity index (χ3v) is 8.55. The molecular weight excluding hydrogens is 587 g/mol. The molecule has 2 amide bonds. The van der Waals surface area contributed by atoms with Crippen molar-refractivity contribution >= 4 is 45.8 Å². The molecule has 2 aliphatic heterocycles. The first kappa shape index (κ1) is 29.3. The van der Waals surface area contributed by atoms with Crippen molar-refractivity contribution in [2.75, 3.05) is 23.3 Å². The number of hydrogen-bond acceptors (Lipinski definition) is 7. The second-order valence-electron chi connectivity index (χ2n) is 11.4. The van der Waals surface area contributed by atoms with Crippen LogP contribution >= 0.6 is 11.6 Å². The number of anilines is 2. The third kappa shape index (κ3) is 4.41. The van der Waals surface area contributed by atoms with Crippen molar-refractivity contribution in [3.05, 3.63) is 81.6 Å². The van der Waals surface area contributed by atoms with Gasteiger partial charge in [0.15, 0.2) is 5.65 Å². The SMILES string of the molecule is C=CC(=O)N1C[C@@H]2C(=O)Nc3c(c4cc(Cl)c(-c5c(O)cccc5F)nc4n(-c4c(C)ccnc4C(C)C)c3=O)N2C[C@H]1C. The summed E-state index contributed by atoms with van der Waals surface area (Å²) >= 11 is 6.78. The minimum atomic E-state index is -0.804. The van der Waals surface area contributed by atoms with Crippen LogP contribution in [-0.2, 0) is 9.59 Å². The average molecular weight is 617 g/mol. The van der Waals surface area contributed by atoms with Crippen molar-refractivity contribution in [1.82, 2.24) is 19.4 Å². The van der Waals surface area contributed by atoms with Gasteiger partial charge < -0.3 is 20.2 Å². The normalized spacial score (nSPS) is 17.8. The molecule has 4 aromatic rings. The van der Waals surface area contributed by atoms with Gasteiger partial charge in [-0.05, 0) is 55.7 Å². The Morgan fingerprint density at radius 1 is 1.23 bits per heavy atom. The topological polar surface area (TPSA) is 121 Å². The molecule has 2 atom stereocenters. The van der Waals surface area contributed by atoms with Gasteiger partial charge in [-0.1, -0.05) is 38.1 Å². The predicted octanol–water partition coefficient (Wildman–Crippen LogP) is 4.92. The molecular formula is C32H30ClFN6O4. The summed E-state index contributed by atoms with van der Waals surface area (Å²) in [6, 6.07) is 6.09. The molecule has 0 radical (unpaired) electrons. The van der Waals surface area contributed by atoms with E-state index in [0.717, 1.165) is 5.56 Å². The van der Waals surface area contributed by atoms with Crippen LogP contribution < -0.4 is 15.8 Å². The molecule has 12 heteroatoms. The Hall–Kier alpha value is -4.77. The number of carbonyl (C=O) groups excluding carboxylic acids is 2. The Morgan fingerprint density at radius 3 is 2.66 bits per heavy atom. The fourth-order valence-electron chi connectivity index (χ4n) is 6.17. The van der Waals surface area contributed by atoms with Gasteiger partial charge in [-0.15, -0.1) is 0 Å². The van der Waals surface area contributed by atoms with Gasteiger partial charge in [0.25, 0.3) is 5.56 Å². The average Bonchev–Trinajstić information content (AvgIpc) is 2.97. The van der Waals surface area contributed by atoms with Gasteiger partial charge in [-0.3, -0.25) is 23.9 Å². The number of piperazine rings is 1. The van der Waals surface area contributed by atoms with E-state index in [4.69, 9.17) is 16.6 Å². The van der Waals surface area contributed by atoms with E-state index in [1.54, 1.807) is 28.1 Å². The first-order valence-electron chi connectivity index (χ1n) is 14.2. The number of fused-ring (bicyclic) bond motifs is 5. The highest BCUT2D eigenvalue weighted by atomic mass is 35.5. The van der Waals surface area contributed by atoms with E-state index in [9.17, 15) is 19.5 Å². The minimum Gasteiger partial charge on any atom is -0.507 e. The highest BCUT2D eigenvalue weighted by Gasteiger charge is 2.44. The van der Waals surface area contributed by atoms with Gasteiger partial charge in [0.2, 0.25) is 11.8 Å². The number of carbonyl (C=O) groups is 2. The van der Waals surface area contributed by atoms with E-state index >= 15 is 4.39 Å². The van der Waals surface area contributed by atoms with Crippen molar-refractivity contribution in [2.45, 2.75) is 45.7 Å². The summed E-state index contributed by atoms with van der Waals surface area (Å²) in [7, 11) is 0. The number of phenols is 1. The molecule has 2 N–H and O–H groups in total. The Bertz CT molecular complexity index is 1940. The molecule has 6 rings (SSSR count). The fourth-order valence-corrected chi connectivity index (χ4v) is 6.42. The zero-order chi connectivity index (χ0) is 31.6. The van der Waals surface area contributed by atoms with Crippen LogP contribution in [0.25, 0.3) is 28.0 Å². The Labute approximate surface area is 257 Å². The van der Waals surface area contributed by atoms with Crippen molar-refractivity contribution in [3.63, 3.8) is 0 Å². The summed E-state index contributed by atoms with van der Waals surface area (Å²) in [6.45, 7) is 11.5. The first-order chi connectivity index (χ1) is 20.9. The number of aromatic nitrogens is 3. The van der Waals surface area contributed by atoms with Gasteiger partial charge in [0.05, 0.1) is 39.9 Å². The van der Waals surface area contributed by atoms with Gasteiger partial charge in [-0.2, -0.15) is 0 Å². The monoisotopic (exact) mass is 616 g/mol. The van der Waals surface area contributed by atoms with Crippen molar-refractivity contribution in [2.24, 2.45) is 0 Å². The van der Waals surface area contributed by atoms with Crippen molar-refractivity contribution in [1.29, 1.82) is 0 Å². The van der Waals surface area contributed by atoms with Crippen LogP contribution in [0.5, 0.6) is 5.75 Å². The molecule has 2 aliphatic rings. The molecule has 10 nitrogen and oxygen atoms in total. The van der Waals surface area contributed by atoms with Crippen LogP contribution in [0.1, 0.15) is 37.9 Å². The molecule has 0 aliphatic carbocycles. The van der Waals surface area contributed by atoms with Crippen LogP contribution in [0.4, 0.5) is 15.8 Å². The highest BCUT2D eigenvalue weighted by Crippen LogP contribution is 2.43. The van der Waals surface area contributed by atoms with Crippen LogP contribution in [0.3, 0.4) is 0 Å². The van der Waals surface area contributed by atoms with E-state index in [1.807, 2.05) is 27.7 Å². The van der Waals surface area contributed by atoms with Crippen LogP contribution in [-0.4, -0.2) is 61.5 Å². The maximum Gasteiger partial charge on any atom is 0.282 e. The van der Waals surface area contributed by atoms with E-state index in [0.29, 0.717) is 22.5 Å². The molecule has 1 fully saturated rings. The van der Waals surface area contributed by atoms with Crippen LogP contribution in [0, 0.1) is 12.7 Å². The number of aryl methyl sites for hydroxylation is 1. The smallest absolute Gasteiger partial charge is 0.282 e. The number of rotatable bonds is 4.